The number of nitrogens with zero attached hydrogens (tertiary/aromatic N) is 2. The maximum Gasteiger partial charge on any atom is 0.305 e. The number of hydrogen-bond donors (Lipinski definition) is 2. The van der Waals surface area contributed by atoms with Gasteiger partial charge in [0.25, 0.3) is 0 Å². The lowest BCUT2D eigenvalue weighted by Crippen LogP contribution is -2.47. The zero-order valence-corrected chi connectivity index (χ0v) is 15.1. The number of carbonyl (C=O) groups is 2. The highest BCUT2D eigenvalue weighted by molar-refractivity contribution is 5.80. The van der Waals surface area contributed by atoms with Crippen LogP contribution in [0, 0.1) is 5.92 Å². The maximum absolute atomic E-state index is 11.1. The lowest BCUT2D eigenvalue weighted by Gasteiger charge is -2.34. The number of ether oxygens (including phenoxy) is 1. The molecule has 0 aromatic rings. The number of amides is 1. The van der Waals surface area contributed by atoms with Crippen molar-refractivity contribution in [3.63, 3.8) is 0 Å². The van der Waals surface area contributed by atoms with Crippen LogP contribution < -0.4 is 11.1 Å². The van der Waals surface area contributed by atoms with Gasteiger partial charge in [-0.25, -0.2) is 0 Å². The molecule has 3 N–H and O–H groups in total. The summed E-state index contributed by atoms with van der Waals surface area (Å²) >= 11 is 0. The fraction of sp³-hybridized carbons (Fsp3) is 0.824. The van der Waals surface area contributed by atoms with Gasteiger partial charge in [-0.15, -0.1) is 0 Å². The first-order valence-electron chi connectivity index (χ1n) is 8.95. The molecule has 1 atom stereocenters. The third-order valence-corrected chi connectivity index (χ3v) is 4.17. The van der Waals surface area contributed by atoms with E-state index in [1.54, 1.807) is 0 Å². The van der Waals surface area contributed by atoms with Gasteiger partial charge in [0, 0.05) is 39.0 Å². The van der Waals surface area contributed by atoms with Crippen LogP contribution in [0.15, 0.2) is 4.99 Å². The zero-order chi connectivity index (χ0) is 17.8. The molecule has 1 amide bonds. The SMILES string of the molecule is CCNC(=NCCCCCC(=O)OC)N1CCCC(CC(N)=O)C1. The summed E-state index contributed by atoms with van der Waals surface area (Å²) < 4.78 is 4.63. The second-order valence-corrected chi connectivity index (χ2v) is 6.25. The first-order chi connectivity index (χ1) is 11.6. The first-order valence-corrected chi connectivity index (χ1v) is 8.95. The highest BCUT2D eigenvalue weighted by Crippen LogP contribution is 2.19. The summed E-state index contributed by atoms with van der Waals surface area (Å²) in [5.41, 5.74) is 5.33. The molecule has 0 aromatic heterocycles. The predicted octanol–water partition coefficient (Wildman–Crippen LogP) is 1.27. The summed E-state index contributed by atoms with van der Waals surface area (Å²) in [6, 6.07) is 0. The predicted molar refractivity (Wildman–Crippen MR) is 94.6 cm³/mol. The second kappa shape index (κ2) is 11.7. The summed E-state index contributed by atoms with van der Waals surface area (Å²) in [5.74, 6) is 0.856. The Balaban J connectivity index is 2.40. The molecule has 7 nitrogen and oxygen atoms in total. The van der Waals surface area contributed by atoms with E-state index in [0.717, 1.165) is 64.2 Å². The molecule has 0 bridgehead atoms. The van der Waals surface area contributed by atoms with Gasteiger partial charge >= 0.3 is 5.97 Å². The average Bonchev–Trinajstić information content (AvgIpc) is 2.56. The molecule has 0 spiro atoms. The van der Waals surface area contributed by atoms with Crippen LogP contribution in [0.4, 0.5) is 0 Å². The Morgan fingerprint density at radius 2 is 2.12 bits per heavy atom. The number of methoxy groups -OCH3 is 1. The fourth-order valence-corrected chi connectivity index (χ4v) is 2.98. The van der Waals surface area contributed by atoms with Crippen LogP contribution >= 0.6 is 0 Å². The molecule has 1 heterocycles. The number of primary amides is 1. The van der Waals surface area contributed by atoms with Crippen molar-refractivity contribution in [1.29, 1.82) is 0 Å². The Hall–Kier alpha value is -1.79. The normalized spacial score (nSPS) is 18.3. The lowest BCUT2D eigenvalue weighted by molar-refractivity contribution is -0.140. The standard InChI is InChI=1S/C17H32N4O3/c1-3-19-17(20-10-6-4-5-9-16(23)24-2)21-11-7-8-14(13-21)12-15(18)22/h14H,3-13H2,1-2H3,(H2,18,22)(H,19,20). The summed E-state index contributed by atoms with van der Waals surface area (Å²) in [4.78, 5) is 29.1. The monoisotopic (exact) mass is 340 g/mol. The minimum Gasteiger partial charge on any atom is -0.469 e. The minimum absolute atomic E-state index is 0.152. The summed E-state index contributed by atoms with van der Waals surface area (Å²) in [6.45, 7) is 5.40. The third-order valence-electron chi connectivity index (χ3n) is 4.17. The number of guanidine groups is 1. The van der Waals surface area contributed by atoms with Crippen LogP contribution in [0.5, 0.6) is 0 Å². The van der Waals surface area contributed by atoms with Gasteiger partial charge in [-0.05, 0) is 38.5 Å². The number of nitrogens with one attached hydrogen (secondary N) is 1. The van der Waals surface area contributed by atoms with Gasteiger partial charge in [0.1, 0.15) is 0 Å². The van der Waals surface area contributed by atoms with Crippen LogP contribution in [0.2, 0.25) is 0 Å². The molecular formula is C17H32N4O3. The van der Waals surface area contributed by atoms with Crippen molar-refractivity contribution >= 4 is 17.8 Å². The van der Waals surface area contributed by atoms with Crippen molar-refractivity contribution in [3.05, 3.63) is 0 Å². The molecule has 1 unspecified atom stereocenters. The molecule has 1 aliphatic heterocycles. The van der Waals surface area contributed by atoms with E-state index >= 15 is 0 Å². The molecule has 0 aliphatic carbocycles. The van der Waals surface area contributed by atoms with Gasteiger partial charge in [-0.3, -0.25) is 14.6 Å². The molecule has 0 aromatic carbocycles. The number of carbonyl (C=O) groups excluding carboxylic acids is 2. The molecule has 1 saturated heterocycles. The van der Waals surface area contributed by atoms with Crippen LogP contribution in [0.3, 0.4) is 0 Å². The first kappa shape index (κ1) is 20.3. The Kier molecular flexibility index (Phi) is 9.88. The topological polar surface area (TPSA) is 97.0 Å². The molecule has 0 saturated carbocycles. The van der Waals surface area contributed by atoms with Crippen molar-refractivity contribution in [1.82, 2.24) is 10.2 Å². The highest BCUT2D eigenvalue weighted by atomic mass is 16.5. The number of esters is 1. The third kappa shape index (κ3) is 8.17. The van der Waals surface area contributed by atoms with E-state index in [1.165, 1.54) is 7.11 Å². The Morgan fingerprint density at radius 1 is 1.33 bits per heavy atom. The number of hydrogen-bond acceptors (Lipinski definition) is 4. The van der Waals surface area contributed by atoms with Gasteiger partial charge in [0.2, 0.25) is 5.91 Å². The molecule has 138 valence electrons. The van der Waals surface area contributed by atoms with E-state index in [1.807, 2.05) is 0 Å². The zero-order valence-electron chi connectivity index (χ0n) is 15.1. The molecule has 1 fully saturated rings. The van der Waals surface area contributed by atoms with Gasteiger partial charge < -0.3 is 20.7 Å². The van der Waals surface area contributed by atoms with Gasteiger partial charge in [-0.1, -0.05) is 6.42 Å². The summed E-state index contributed by atoms with van der Waals surface area (Å²) in [7, 11) is 1.42. The number of rotatable bonds is 9. The van der Waals surface area contributed by atoms with E-state index in [4.69, 9.17) is 5.73 Å². The van der Waals surface area contributed by atoms with E-state index in [2.05, 4.69) is 26.9 Å². The largest absolute Gasteiger partial charge is 0.469 e. The van der Waals surface area contributed by atoms with Crippen LogP contribution in [-0.4, -0.2) is 56.0 Å². The van der Waals surface area contributed by atoms with Crippen LogP contribution in [0.25, 0.3) is 0 Å². The fourth-order valence-electron chi connectivity index (χ4n) is 2.98. The summed E-state index contributed by atoms with van der Waals surface area (Å²) in [6.07, 6.45) is 5.77. The molecule has 1 rings (SSSR count). The van der Waals surface area contributed by atoms with Crippen LogP contribution in [0.1, 0.15) is 51.9 Å². The number of aliphatic imine (C=N–C) groups is 1. The van der Waals surface area contributed by atoms with Crippen molar-refractivity contribution in [2.75, 3.05) is 33.3 Å². The molecular weight excluding hydrogens is 308 g/mol. The van der Waals surface area contributed by atoms with Crippen molar-refractivity contribution in [2.45, 2.75) is 51.9 Å². The lowest BCUT2D eigenvalue weighted by atomic mass is 9.95. The Morgan fingerprint density at radius 3 is 2.79 bits per heavy atom. The number of piperidine rings is 1. The van der Waals surface area contributed by atoms with Crippen molar-refractivity contribution < 1.29 is 14.3 Å². The average molecular weight is 340 g/mol. The van der Waals surface area contributed by atoms with E-state index in [-0.39, 0.29) is 11.9 Å². The molecule has 0 radical (unpaired) electrons. The summed E-state index contributed by atoms with van der Waals surface area (Å²) in [5, 5.41) is 3.33. The van der Waals surface area contributed by atoms with E-state index in [9.17, 15) is 9.59 Å². The smallest absolute Gasteiger partial charge is 0.305 e. The quantitative estimate of drug-likeness (QED) is 0.285. The van der Waals surface area contributed by atoms with E-state index in [0.29, 0.717) is 18.8 Å². The molecule has 1 aliphatic rings. The van der Waals surface area contributed by atoms with E-state index < -0.39 is 0 Å². The number of unbranched alkanes of at least 4 members (excludes halogenated alkanes) is 2. The second-order valence-electron chi connectivity index (χ2n) is 6.25. The van der Waals surface area contributed by atoms with Gasteiger partial charge in [0.05, 0.1) is 7.11 Å². The Bertz CT molecular complexity index is 426. The minimum atomic E-state index is -0.227. The van der Waals surface area contributed by atoms with Crippen LogP contribution in [-0.2, 0) is 14.3 Å². The molecule has 7 heteroatoms. The highest BCUT2D eigenvalue weighted by Gasteiger charge is 2.23. The number of nitrogens with two attached hydrogens (primary N) is 1. The van der Waals surface area contributed by atoms with Gasteiger partial charge in [0.15, 0.2) is 5.96 Å². The van der Waals surface area contributed by atoms with Gasteiger partial charge in [-0.2, -0.15) is 0 Å². The number of likely N-dealkylation sites (tertiary alicyclic amines) is 1. The maximum atomic E-state index is 11.1. The van der Waals surface area contributed by atoms with Crippen molar-refractivity contribution in [3.8, 4) is 0 Å². The Labute approximate surface area is 145 Å². The molecule has 24 heavy (non-hydrogen) atoms. The van der Waals surface area contributed by atoms with Crippen molar-refractivity contribution in [2.24, 2.45) is 16.6 Å².